The first kappa shape index (κ1) is 19.8. The Kier molecular flexibility index (Phi) is 6.09. The summed E-state index contributed by atoms with van der Waals surface area (Å²) in [5.41, 5.74) is 2.38. The van der Waals surface area contributed by atoms with E-state index in [1.165, 1.54) is 22.4 Å². The molecule has 1 N–H and O–H groups in total. The molecular weight excluding hydrogens is 380 g/mol. The molecule has 0 aliphatic carbocycles. The van der Waals surface area contributed by atoms with Crippen LogP contribution in [0.1, 0.15) is 43.9 Å². The highest BCUT2D eigenvalue weighted by atomic mass is 32.1. The number of benzene rings is 1. The first-order valence-electron chi connectivity index (χ1n) is 10.5. The van der Waals surface area contributed by atoms with E-state index in [0.717, 1.165) is 48.4 Å². The second-order valence-corrected chi connectivity index (χ2v) is 8.97. The number of piperidine rings is 1. The lowest BCUT2D eigenvalue weighted by Gasteiger charge is -2.33. The summed E-state index contributed by atoms with van der Waals surface area (Å²) in [6, 6.07) is 10.8. The van der Waals surface area contributed by atoms with Gasteiger partial charge in [-0.3, -0.25) is 4.79 Å². The number of nitrogens with zero attached hydrogens (tertiary/aromatic N) is 3. The molecule has 2 aromatic heterocycles. The number of hydrogen-bond donors (Lipinski definition) is 1. The predicted molar refractivity (Wildman–Crippen MR) is 120 cm³/mol. The van der Waals surface area contributed by atoms with Crippen LogP contribution in [0.3, 0.4) is 0 Å². The highest BCUT2D eigenvalue weighted by Crippen LogP contribution is 2.40. The quantitative estimate of drug-likeness (QED) is 0.565. The summed E-state index contributed by atoms with van der Waals surface area (Å²) in [7, 11) is 0. The molecule has 1 saturated heterocycles. The molecule has 4 rings (SSSR count). The van der Waals surface area contributed by atoms with Gasteiger partial charge in [-0.2, -0.15) is 0 Å². The van der Waals surface area contributed by atoms with Gasteiger partial charge in [0.25, 0.3) is 0 Å². The van der Waals surface area contributed by atoms with Gasteiger partial charge < -0.3 is 10.2 Å². The van der Waals surface area contributed by atoms with E-state index in [4.69, 9.17) is 0 Å². The van der Waals surface area contributed by atoms with Gasteiger partial charge in [0.2, 0.25) is 5.91 Å². The number of aryl methyl sites for hydroxylation is 1. The van der Waals surface area contributed by atoms with E-state index < -0.39 is 0 Å². The van der Waals surface area contributed by atoms with Crippen LogP contribution in [0.5, 0.6) is 0 Å². The van der Waals surface area contributed by atoms with Gasteiger partial charge in [-0.15, -0.1) is 11.3 Å². The van der Waals surface area contributed by atoms with Crippen molar-refractivity contribution in [2.45, 2.75) is 52.0 Å². The molecule has 6 heteroatoms. The van der Waals surface area contributed by atoms with Gasteiger partial charge in [-0.05, 0) is 45.1 Å². The van der Waals surface area contributed by atoms with Crippen molar-refractivity contribution in [3.05, 3.63) is 41.5 Å². The van der Waals surface area contributed by atoms with Gasteiger partial charge in [0, 0.05) is 36.0 Å². The number of amides is 1. The Bertz CT molecular complexity index is 985. The average Bonchev–Trinajstić information content (AvgIpc) is 3.08. The summed E-state index contributed by atoms with van der Waals surface area (Å²) in [5, 5.41) is 4.55. The summed E-state index contributed by atoms with van der Waals surface area (Å²) < 4.78 is 0. The van der Waals surface area contributed by atoms with Crippen molar-refractivity contribution in [3.8, 4) is 11.1 Å². The fourth-order valence-corrected chi connectivity index (χ4v) is 5.20. The molecule has 5 nitrogen and oxygen atoms in total. The Labute approximate surface area is 176 Å². The predicted octanol–water partition coefficient (Wildman–Crippen LogP) is 5.26. The standard InChI is InChI=1S/C23H28N4OS/c1-16-9-6-7-14-27(16)19(28)12-8-13-24-22-21-20(18-10-4-3-5-11-18)17(2)29-23(21)26-15-25-22/h3-5,10-11,15-16H,6-9,12-14H2,1-2H3,(H,24,25,26). The third-order valence-corrected chi connectivity index (χ3v) is 6.72. The molecular formula is C23H28N4OS. The molecule has 3 aromatic rings. The van der Waals surface area contributed by atoms with Crippen molar-refractivity contribution in [3.63, 3.8) is 0 Å². The number of rotatable bonds is 6. The van der Waals surface area contributed by atoms with E-state index in [1.54, 1.807) is 17.7 Å². The monoisotopic (exact) mass is 408 g/mol. The maximum atomic E-state index is 12.5. The molecule has 1 aliphatic rings. The van der Waals surface area contributed by atoms with E-state index in [1.807, 2.05) is 6.07 Å². The van der Waals surface area contributed by atoms with Crippen molar-refractivity contribution in [1.29, 1.82) is 0 Å². The number of thiophene rings is 1. The van der Waals surface area contributed by atoms with Crippen LogP contribution in [0.15, 0.2) is 36.7 Å². The van der Waals surface area contributed by atoms with Gasteiger partial charge >= 0.3 is 0 Å². The first-order valence-corrected chi connectivity index (χ1v) is 11.3. The summed E-state index contributed by atoms with van der Waals surface area (Å²) >= 11 is 1.70. The zero-order valence-electron chi connectivity index (χ0n) is 17.1. The van der Waals surface area contributed by atoms with Crippen LogP contribution in [-0.2, 0) is 4.79 Å². The molecule has 0 saturated carbocycles. The third kappa shape index (κ3) is 4.27. The number of anilines is 1. The SMILES string of the molecule is Cc1sc2ncnc(NCCCC(=O)N3CCCCC3C)c2c1-c1ccccc1. The van der Waals surface area contributed by atoms with Crippen LogP contribution in [0.25, 0.3) is 21.3 Å². The molecule has 1 aliphatic heterocycles. The largest absolute Gasteiger partial charge is 0.369 e. The molecule has 1 atom stereocenters. The number of hydrogen-bond acceptors (Lipinski definition) is 5. The smallest absolute Gasteiger partial charge is 0.222 e. The normalized spacial score (nSPS) is 16.9. The number of aromatic nitrogens is 2. The van der Waals surface area contributed by atoms with Crippen molar-refractivity contribution >= 4 is 33.3 Å². The highest BCUT2D eigenvalue weighted by Gasteiger charge is 2.22. The minimum absolute atomic E-state index is 0.281. The fraction of sp³-hybridized carbons (Fsp3) is 0.435. The molecule has 1 amide bonds. The minimum Gasteiger partial charge on any atom is -0.369 e. The lowest BCUT2D eigenvalue weighted by atomic mass is 10.0. The van der Waals surface area contributed by atoms with Gasteiger partial charge in [0.1, 0.15) is 17.0 Å². The lowest BCUT2D eigenvalue weighted by Crippen LogP contribution is -2.42. The van der Waals surface area contributed by atoms with Crippen LogP contribution in [0.2, 0.25) is 0 Å². The number of fused-ring (bicyclic) bond motifs is 1. The van der Waals surface area contributed by atoms with E-state index >= 15 is 0 Å². The number of nitrogens with one attached hydrogen (secondary N) is 1. The lowest BCUT2D eigenvalue weighted by molar-refractivity contribution is -0.134. The summed E-state index contributed by atoms with van der Waals surface area (Å²) in [4.78, 5) is 25.8. The highest BCUT2D eigenvalue weighted by molar-refractivity contribution is 7.19. The van der Waals surface area contributed by atoms with Gasteiger partial charge in [-0.25, -0.2) is 9.97 Å². The summed E-state index contributed by atoms with van der Waals surface area (Å²) in [5.74, 6) is 1.14. The average molecular weight is 409 g/mol. The van der Waals surface area contributed by atoms with E-state index in [0.29, 0.717) is 12.5 Å². The van der Waals surface area contributed by atoms with Gasteiger partial charge in [0.05, 0.1) is 5.39 Å². The molecule has 1 fully saturated rings. The number of carbonyl (C=O) groups excluding carboxylic acids is 1. The van der Waals surface area contributed by atoms with Crippen LogP contribution >= 0.6 is 11.3 Å². The van der Waals surface area contributed by atoms with Crippen molar-refractivity contribution < 1.29 is 4.79 Å². The molecule has 29 heavy (non-hydrogen) atoms. The molecule has 3 heterocycles. The van der Waals surface area contributed by atoms with Crippen molar-refractivity contribution in [2.24, 2.45) is 0 Å². The van der Waals surface area contributed by atoms with E-state index in [-0.39, 0.29) is 5.91 Å². The summed E-state index contributed by atoms with van der Waals surface area (Å²) in [6.45, 7) is 5.94. The third-order valence-electron chi connectivity index (χ3n) is 5.71. The Morgan fingerprint density at radius 3 is 2.86 bits per heavy atom. The zero-order valence-corrected chi connectivity index (χ0v) is 18.0. The number of carbonyl (C=O) groups is 1. The van der Waals surface area contributed by atoms with Crippen LogP contribution < -0.4 is 5.32 Å². The zero-order chi connectivity index (χ0) is 20.2. The van der Waals surface area contributed by atoms with E-state index in [9.17, 15) is 4.79 Å². The maximum absolute atomic E-state index is 12.5. The number of likely N-dealkylation sites (tertiary alicyclic amines) is 1. The fourth-order valence-electron chi connectivity index (χ4n) is 4.19. The molecule has 0 bridgehead atoms. The van der Waals surface area contributed by atoms with Crippen LogP contribution in [0.4, 0.5) is 5.82 Å². The molecule has 0 spiro atoms. The summed E-state index contributed by atoms with van der Waals surface area (Å²) in [6.07, 6.45) is 6.50. The molecule has 152 valence electrons. The van der Waals surface area contributed by atoms with E-state index in [2.05, 4.69) is 58.3 Å². The Morgan fingerprint density at radius 2 is 2.07 bits per heavy atom. The van der Waals surface area contributed by atoms with Gasteiger partial charge in [-0.1, -0.05) is 30.3 Å². The Balaban J connectivity index is 1.45. The second-order valence-electron chi connectivity index (χ2n) is 7.76. The Morgan fingerprint density at radius 1 is 1.24 bits per heavy atom. The maximum Gasteiger partial charge on any atom is 0.222 e. The Hall–Kier alpha value is -2.47. The van der Waals surface area contributed by atoms with Crippen molar-refractivity contribution in [2.75, 3.05) is 18.4 Å². The second kappa shape index (κ2) is 8.91. The minimum atomic E-state index is 0.281. The first-order chi connectivity index (χ1) is 14.1. The topological polar surface area (TPSA) is 58.1 Å². The molecule has 1 aromatic carbocycles. The molecule has 1 unspecified atom stereocenters. The van der Waals surface area contributed by atoms with Crippen LogP contribution in [-0.4, -0.2) is 39.9 Å². The van der Waals surface area contributed by atoms with Crippen LogP contribution in [0, 0.1) is 6.92 Å². The van der Waals surface area contributed by atoms with Gasteiger partial charge in [0.15, 0.2) is 0 Å². The van der Waals surface area contributed by atoms with Crippen molar-refractivity contribution in [1.82, 2.24) is 14.9 Å². The molecule has 0 radical (unpaired) electrons.